The van der Waals surface area contributed by atoms with Gasteiger partial charge in [0.05, 0.1) is 0 Å². The molecule has 0 spiro atoms. The molecule has 4 aliphatic carbocycles. The van der Waals surface area contributed by atoms with Crippen LogP contribution in [-0.2, 0) is 9.59 Å². The number of allylic oxidation sites excluding steroid dienone is 4. The molecule has 0 aliphatic heterocycles. The van der Waals surface area contributed by atoms with E-state index >= 15 is 0 Å². The van der Waals surface area contributed by atoms with Crippen LogP contribution in [-0.4, -0.2) is 16.6 Å². The molecular formula is C33H37NO2. The fraction of sp³-hybridized carbons (Fsp3) is 0.424. The van der Waals surface area contributed by atoms with Crippen molar-refractivity contribution in [2.45, 2.75) is 64.7 Å². The molecule has 186 valence electrons. The molecule has 0 bridgehead atoms. The lowest BCUT2D eigenvalue weighted by atomic mass is 9.51. The maximum atomic E-state index is 12.7. The number of ketones is 2. The van der Waals surface area contributed by atoms with Crippen molar-refractivity contribution in [3.63, 3.8) is 0 Å². The smallest absolute Gasteiger partial charge is 0.156 e. The standard InChI is InChI=1S/C31H33NO2.C2H4/c1-19(33)28-13-14-29-26-11-9-22-16-24(34)10-12-25(22)30(26)27(17-31(28,29)2)21-7-5-20(6-8-21)23-4-3-15-32-18-23;1-2/h3-8,15-16,18,26-29H,9-14,17H2,1-2H3;1-2H2. The number of fused-ring (bicyclic) bond motifs is 4. The van der Waals surface area contributed by atoms with Crippen LogP contribution in [0.15, 0.2) is 84.7 Å². The Morgan fingerprint density at radius 1 is 1.00 bits per heavy atom. The lowest BCUT2D eigenvalue weighted by Crippen LogP contribution is -2.44. The van der Waals surface area contributed by atoms with E-state index in [1.54, 1.807) is 18.7 Å². The predicted molar refractivity (Wildman–Crippen MR) is 145 cm³/mol. The Morgan fingerprint density at radius 3 is 2.47 bits per heavy atom. The summed E-state index contributed by atoms with van der Waals surface area (Å²) in [5, 5.41) is 0. The quantitative estimate of drug-likeness (QED) is 0.425. The number of benzene rings is 1. The fourth-order valence-electron chi connectivity index (χ4n) is 8.07. The van der Waals surface area contributed by atoms with E-state index in [9.17, 15) is 9.59 Å². The molecule has 0 radical (unpaired) electrons. The Hall–Kier alpha value is -3.07. The van der Waals surface area contributed by atoms with Crippen molar-refractivity contribution in [1.29, 1.82) is 0 Å². The molecule has 2 aromatic rings. The van der Waals surface area contributed by atoms with Gasteiger partial charge in [0.2, 0.25) is 0 Å². The topological polar surface area (TPSA) is 47.0 Å². The van der Waals surface area contributed by atoms with Crippen molar-refractivity contribution in [3.05, 3.63) is 90.3 Å². The summed E-state index contributed by atoms with van der Waals surface area (Å²) in [6, 6.07) is 13.1. The first-order valence-corrected chi connectivity index (χ1v) is 13.4. The third-order valence-electron chi connectivity index (χ3n) is 9.53. The number of hydrogen-bond acceptors (Lipinski definition) is 3. The van der Waals surface area contributed by atoms with E-state index in [0.29, 0.717) is 30.0 Å². The van der Waals surface area contributed by atoms with E-state index < -0.39 is 0 Å². The molecule has 1 aromatic heterocycles. The maximum Gasteiger partial charge on any atom is 0.156 e. The number of Topliss-reactive ketones (excluding diaryl/α,β-unsaturated/α-hetero) is 1. The average Bonchev–Trinajstić information content (AvgIpc) is 3.27. The van der Waals surface area contributed by atoms with Crippen LogP contribution in [0, 0.1) is 23.2 Å². The molecule has 4 aliphatic rings. The molecule has 6 rings (SSSR count). The molecule has 5 unspecified atom stereocenters. The van der Waals surface area contributed by atoms with Crippen LogP contribution in [0.1, 0.15) is 70.3 Å². The summed E-state index contributed by atoms with van der Waals surface area (Å²) in [5.74, 6) is 2.26. The van der Waals surface area contributed by atoms with E-state index in [-0.39, 0.29) is 17.1 Å². The number of aromatic nitrogens is 1. The van der Waals surface area contributed by atoms with Gasteiger partial charge in [0, 0.05) is 30.7 Å². The average molecular weight is 480 g/mol. The van der Waals surface area contributed by atoms with Gasteiger partial charge < -0.3 is 0 Å². The summed E-state index contributed by atoms with van der Waals surface area (Å²) in [7, 11) is 0. The number of carbonyl (C=O) groups is 2. The molecule has 1 aromatic carbocycles. The van der Waals surface area contributed by atoms with Gasteiger partial charge in [0.1, 0.15) is 5.78 Å². The minimum Gasteiger partial charge on any atom is -0.300 e. The zero-order valence-corrected chi connectivity index (χ0v) is 21.6. The van der Waals surface area contributed by atoms with E-state index in [1.807, 2.05) is 18.3 Å². The van der Waals surface area contributed by atoms with Crippen LogP contribution in [0.5, 0.6) is 0 Å². The predicted octanol–water partition coefficient (Wildman–Crippen LogP) is 7.66. The molecule has 3 heteroatoms. The molecule has 2 fully saturated rings. The largest absolute Gasteiger partial charge is 0.300 e. The van der Waals surface area contributed by atoms with Crippen molar-refractivity contribution < 1.29 is 9.59 Å². The Kier molecular flexibility index (Phi) is 6.68. The first kappa shape index (κ1) is 24.6. The van der Waals surface area contributed by atoms with Crippen LogP contribution in [0.4, 0.5) is 0 Å². The van der Waals surface area contributed by atoms with E-state index in [1.165, 1.54) is 22.3 Å². The summed E-state index contributed by atoms with van der Waals surface area (Å²) in [5.41, 5.74) is 8.10. The van der Waals surface area contributed by atoms with Gasteiger partial charge in [-0.15, -0.1) is 13.2 Å². The van der Waals surface area contributed by atoms with Crippen LogP contribution in [0.2, 0.25) is 0 Å². The number of carbonyl (C=O) groups excluding carboxylic acids is 2. The highest BCUT2D eigenvalue weighted by molar-refractivity contribution is 5.93. The molecule has 2 saturated carbocycles. The van der Waals surface area contributed by atoms with Gasteiger partial charge in [0.25, 0.3) is 0 Å². The summed E-state index contributed by atoms with van der Waals surface area (Å²) in [6.07, 6.45) is 12.5. The van der Waals surface area contributed by atoms with E-state index in [0.717, 1.165) is 44.1 Å². The van der Waals surface area contributed by atoms with Gasteiger partial charge in [-0.05, 0) is 103 Å². The molecule has 1 heterocycles. The summed E-state index contributed by atoms with van der Waals surface area (Å²) >= 11 is 0. The van der Waals surface area contributed by atoms with Crippen molar-refractivity contribution in [3.8, 4) is 11.1 Å². The zero-order valence-electron chi connectivity index (χ0n) is 21.6. The number of nitrogens with zero attached hydrogens (tertiary/aromatic N) is 1. The minimum atomic E-state index is 0.0545. The van der Waals surface area contributed by atoms with Crippen molar-refractivity contribution in [2.24, 2.45) is 23.2 Å². The summed E-state index contributed by atoms with van der Waals surface area (Å²) < 4.78 is 0. The summed E-state index contributed by atoms with van der Waals surface area (Å²) in [6.45, 7) is 10.2. The zero-order chi connectivity index (χ0) is 25.4. The number of hydrogen-bond donors (Lipinski definition) is 0. The lowest BCUT2D eigenvalue weighted by molar-refractivity contribution is -0.125. The minimum absolute atomic E-state index is 0.0545. The SMILES string of the molecule is C=C.CC(=O)C1CCC2C3CCC4=CC(=O)CCC4=C3C(c3ccc(-c4cccnc4)cc3)CC12C. The Balaban J connectivity index is 0.00000130. The second-order valence-electron chi connectivity index (χ2n) is 11.2. The first-order chi connectivity index (χ1) is 17.5. The van der Waals surface area contributed by atoms with E-state index in [2.05, 4.69) is 55.4 Å². The molecule has 5 atom stereocenters. The molecule has 0 N–H and O–H groups in total. The highest BCUT2D eigenvalue weighted by atomic mass is 16.1. The molecular weight excluding hydrogens is 442 g/mol. The molecule has 0 saturated heterocycles. The lowest BCUT2D eigenvalue weighted by Gasteiger charge is -2.52. The van der Waals surface area contributed by atoms with Gasteiger partial charge in [-0.1, -0.05) is 42.8 Å². The second kappa shape index (κ2) is 9.76. The number of rotatable bonds is 3. The third-order valence-corrected chi connectivity index (χ3v) is 9.53. The molecule has 36 heavy (non-hydrogen) atoms. The maximum absolute atomic E-state index is 12.7. The van der Waals surface area contributed by atoms with Crippen molar-refractivity contribution in [1.82, 2.24) is 4.98 Å². The second-order valence-corrected chi connectivity index (χ2v) is 11.2. The van der Waals surface area contributed by atoms with Crippen LogP contribution < -0.4 is 0 Å². The van der Waals surface area contributed by atoms with Crippen LogP contribution in [0.25, 0.3) is 11.1 Å². The monoisotopic (exact) mass is 479 g/mol. The third kappa shape index (κ3) is 4.03. The number of pyridine rings is 1. The normalized spacial score (nSPS) is 30.8. The van der Waals surface area contributed by atoms with Gasteiger partial charge in [0.15, 0.2) is 5.78 Å². The first-order valence-electron chi connectivity index (χ1n) is 13.4. The van der Waals surface area contributed by atoms with Crippen LogP contribution >= 0.6 is 0 Å². The van der Waals surface area contributed by atoms with Gasteiger partial charge in [-0.3, -0.25) is 14.6 Å². The van der Waals surface area contributed by atoms with Gasteiger partial charge in [-0.25, -0.2) is 0 Å². The Labute approximate surface area is 215 Å². The van der Waals surface area contributed by atoms with Crippen molar-refractivity contribution >= 4 is 11.6 Å². The molecule has 0 amide bonds. The van der Waals surface area contributed by atoms with E-state index in [4.69, 9.17) is 0 Å². The van der Waals surface area contributed by atoms with Crippen molar-refractivity contribution in [2.75, 3.05) is 0 Å². The van der Waals surface area contributed by atoms with Gasteiger partial charge in [-0.2, -0.15) is 0 Å². The van der Waals surface area contributed by atoms with Crippen LogP contribution in [0.3, 0.4) is 0 Å². The Morgan fingerprint density at radius 2 is 1.78 bits per heavy atom. The van der Waals surface area contributed by atoms with Gasteiger partial charge >= 0.3 is 0 Å². The summed E-state index contributed by atoms with van der Waals surface area (Å²) in [4.78, 5) is 29.2. The fourth-order valence-corrected chi connectivity index (χ4v) is 8.07. The molecule has 3 nitrogen and oxygen atoms in total. The highest BCUT2D eigenvalue weighted by Crippen LogP contribution is 2.65. The highest BCUT2D eigenvalue weighted by Gasteiger charge is 2.57. The Bertz CT molecular complexity index is 1220.